The number of hydrogen-bond acceptors (Lipinski definition) is 6. The molecule has 2 aliphatic heterocycles. The van der Waals surface area contributed by atoms with Gasteiger partial charge in [-0.1, -0.05) is 36.9 Å². The Balaban J connectivity index is 1.51. The smallest absolute Gasteiger partial charge is 0.335 e. The van der Waals surface area contributed by atoms with Gasteiger partial charge in [0.05, 0.1) is 11.3 Å². The first-order valence-corrected chi connectivity index (χ1v) is 11.0. The lowest BCUT2D eigenvalue weighted by atomic mass is 10.0. The van der Waals surface area contributed by atoms with Crippen LogP contribution in [0.5, 0.6) is 0 Å². The normalized spacial score (nSPS) is 22.8. The molecule has 152 valence electrons. The first kappa shape index (κ1) is 18.9. The van der Waals surface area contributed by atoms with Crippen molar-refractivity contribution in [1.29, 1.82) is 0 Å². The molecule has 2 aromatic heterocycles. The summed E-state index contributed by atoms with van der Waals surface area (Å²) in [5.74, 6) is 1.66. The molecule has 2 aliphatic rings. The number of rotatable bonds is 5. The number of carboxylic acids is 1. The van der Waals surface area contributed by atoms with Crippen LogP contribution in [0.15, 0.2) is 70.2 Å². The molecule has 0 amide bonds. The molecule has 1 aromatic carbocycles. The quantitative estimate of drug-likeness (QED) is 0.626. The molecule has 1 N–H and O–H groups in total. The average Bonchev–Trinajstić information content (AvgIpc) is 3.49. The zero-order valence-electron chi connectivity index (χ0n) is 16.4. The zero-order valence-corrected chi connectivity index (χ0v) is 17.2. The number of amidine groups is 1. The SMILES string of the molecule is CC[C@@H]1CSC2=N[C@H](c3ccccn3)[C@H](c3ccc(-c4ccc(C(=O)O)cc4)o3)N21. The summed E-state index contributed by atoms with van der Waals surface area (Å²) in [6.07, 6.45) is 2.85. The maximum absolute atomic E-state index is 11.1. The first-order chi connectivity index (χ1) is 14.7. The predicted molar refractivity (Wildman–Crippen MR) is 117 cm³/mol. The van der Waals surface area contributed by atoms with Gasteiger partial charge in [0, 0.05) is 23.6 Å². The van der Waals surface area contributed by atoms with E-state index in [-0.39, 0.29) is 17.6 Å². The Morgan fingerprint density at radius 2 is 2.03 bits per heavy atom. The highest BCUT2D eigenvalue weighted by molar-refractivity contribution is 8.14. The Bertz CT molecular complexity index is 1090. The number of benzene rings is 1. The van der Waals surface area contributed by atoms with E-state index in [1.54, 1.807) is 42.2 Å². The third-order valence-electron chi connectivity index (χ3n) is 5.66. The lowest BCUT2D eigenvalue weighted by Crippen LogP contribution is -2.35. The summed E-state index contributed by atoms with van der Waals surface area (Å²) in [7, 11) is 0. The van der Waals surface area contributed by atoms with Crippen molar-refractivity contribution in [2.75, 3.05) is 5.75 Å². The number of fused-ring (bicyclic) bond motifs is 1. The summed E-state index contributed by atoms with van der Waals surface area (Å²) in [5.41, 5.74) is 2.04. The maximum atomic E-state index is 11.1. The molecule has 0 aliphatic carbocycles. The summed E-state index contributed by atoms with van der Waals surface area (Å²) in [6, 6.07) is 16.9. The number of aliphatic imine (C=N–C) groups is 1. The molecule has 0 bridgehead atoms. The fourth-order valence-electron chi connectivity index (χ4n) is 4.10. The number of aromatic carboxylic acids is 1. The molecule has 0 unspecified atom stereocenters. The Kier molecular flexibility index (Phi) is 4.83. The molecule has 0 radical (unpaired) electrons. The van der Waals surface area contributed by atoms with Crippen molar-refractivity contribution in [3.05, 3.63) is 77.8 Å². The van der Waals surface area contributed by atoms with Crippen molar-refractivity contribution in [1.82, 2.24) is 9.88 Å². The standard InChI is InChI=1S/C23H21N3O3S/c1-2-16-13-30-23-25-20(17-5-3-4-12-24-17)21(26(16)23)19-11-10-18(29-19)14-6-8-15(9-7-14)22(27)28/h3-12,16,20-21H,2,13H2,1H3,(H,27,28)/t16-,20-,21+/m1/s1. The molecular weight excluding hydrogens is 398 g/mol. The summed E-state index contributed by atoms with van der Waals surface area (Å²) in [6.45, 7) is 2.21. The third-order valence-corrected chi connectivity index (χ3v) is 6.79. The van der Waals surface area contributed by atoms with Gasteiger partial charge >= 0.3 is 5.97 Å². The summed E-state index contributed by atoms with van der Waals surface area (Å²) in [5, 5.41) is 10.2. The van der Waals surface area contributed by atoms with Crippen molar-refractivity contribution < 1.29 is 14.3 Å². The molecule has 1 saturated heterocycles. The van der Waals surface area contributed by atoms with Crippen molar-refractivity contribution in [2.45, 2.75) is 31.5 Å². The fraction of sp³-hybridized carbons (Fsp3) is 0.261. The van der Waals surface area contributed by atoms with Crippen LogP contribution in [-0.2, 0) is 0 Å². The van der Waals surface area contributed by atoms with Gasteiger partial charge in [0.25, 0.3) is 0 Å². The van der Waals surface area contributed by atoms with Crippen LogP contribution in [0.3, 0.4) is 0 Å². The Hall–Kier alpha value is -3.06. The number of nitrogens with zero attached hydrogens (tertiary/aromatic N) is 3. The second-order valence-electron chi connectivity index (χ2n) is 7.42. The molecule has 7 heteroatoms. The van der Waals surface area contributed by atoms with E-state index in [1.807, 2.05) is 30.3 Å². The van der Waals surface area contributed by atoms with Crippen LogP contribution < -0.4 is 0 Å². The number of thioether (sulfide) groups is 1. The topological polar surface area (TPSA) is 78.9 Å². The first-order valence-electron chi connectivity index (χ1n) is 9.99. The van der Waals surface area contributed by atoms with Crippen molar-refractivity contribution in [2.24, 2.45) is 4.99 Å². The molecule has 1 fully saturated rings. The van der Waals surface area contributed by atoms with E-state index in [4.69, 9.17) is 14.5 Å². The Labute approximate surface area is 178 Å². The molecule has 4 heterocycles. The lowest BCUT2D eigenvalue weighted by molar-refractivity contribution is 0.0697. The minimum Gasteiger partial charge on any atom is -0.478 e. The molecular formula is C23H21N3O3S. The minimum atomic E-state index is -0.937. The van der Waals surface area contributed by atoms with E-state index in [9.17, 15) is 4.79 Å². The van der Waals surface area contributed by atoms with Gasteiger partial charge in [-0.2, -0.15) is 0 Å². The molecule has 0 saturated carbocycles. The van der Waals surface area contributed by atoms with Crippen LogP contribution >= 0.6 is 11.8 Å². The van der Waals surface area contributed by atoms with Crippen LogP contribution in [0.2, 0.25) is 0 Å². The Morgan fingerprint density at radius 3 is 2.73 bits per heavy atom. The highest BCUT2D eigenvalue weighted by Gasteiger charge is 2.46. The number of hydrogen-bond donors (Lipinski definition) is 1. The van der Waals surface area contributed by atoms with Crippen LogP contribution in [0.1, 0.15) is 47.2 Å². The van der Waals surface area contributed by atoms with Gasteiger partial charge in [-0.3, -0.25) is 4.98 Å². The second-order valence-corrected chi connectivity index (χ2v) is 8.41. The molecule has 5 rings (SSSR count). The number of aromatic nitrogens is 1. The third kappa shape index (κ3) is 3.19. The Morgan fingerprint density at radius 1 is 1.20 bits per heavy atom. The average molecular weight is 420 g/mol. The van der Waals surface area contributed by atoms with E-state index in [0.29, 0.717) is 6.04 Å². The molecule has 3 atom stereocenters. The number of pyridine rings is 1. The van der Waals surface area contributed by atoms with Gasteiger partial charge in [-0.15, -0.1) is 0 Å². The van der Waals surface area contributed by atoms with E-state index in [1.165, 1.54) is 0 Å². The predicted octanol–water partition coefficient (Wildman–Crippen LogP) is 5.02. The van der Waals surface area contributed by atoms with Crippen LogP contribution in [0.4, 0.5) is 0 Å². The summed E-state index contributed by atoms with van der Waals surface area (Å²) >= 11 is 1.80. The molecule has 6 nitrogen and oxygen atoms in total. The molecule has 0 spiro atoms. The fourth-order valence-corrected chi connectivity index (χ4v) is 5.44. The minimum absolute atomic E-state index is 0.0399. The number of carbonyl (C=O) groups is 1. The summed E-state index contributed by atoms with van der Waals surface area (Å²) in [4.78, 5) is 23.1. The molecule has 30 heavy (non-hydrogen) atoms. The zero-order chi connectivity index (χ0) is 20.7. The largest absolute Gasteiger partial charge is 0.478 e. The van der Waals surface area contributed by atoms with Gasteiger partial charge in [0.15, 0.2) is 5.17 Å². The maximum Gasteiger partial charge on any atom is 0.335 e. The highest BCUT2D eigenvalue weighted by Crippen LogP contribution is 2.49. The van der Waals surface area contributed by atoms with Crippen molar-refractivity contribution >= 4 is 22.9 Å². The van der Waals surface area contributed by atoms with Crippen molar-refractivity contribution in [3.63, 3.8) is 0 Å². The van der Waals surface area contributed by atoms with E-state index >= 15 is 0 Å². The van der Waals surface area contributed by atoms with Crippen LogP contribution in [0.25, 0.3) is 11.3 Å². The van der Waals surface area contributed by atoms with Gasteiger partial charge in [0.1, 0.15) is 23.6 Å². The number of carboxylic acid groups (broad SMARTS) is 1. The van der Waals surface area contributed by atoms with Gasteiger partial charge < -0.3 is 14.4 Å². The van der Waals surface area contributed by atoms with E-state index in [0.717, 1.165) is 40.1 Å². The van der Waals surface area contributed by atoms with E-state index < -0.39 is 5.97 Å². The van der Waals surface area contributed by atoms with Gasteiger partial charge in [-0.25, -0.2) is 9.79 Å². The molecule has 3 aromatic rings. The van der Waals surface area contributed by atoms with Crippen molar-refractivity contribution in [3.8, 4) is 11.3 Å². The monoisotopic (exact) mass is 419 g/mol. The lowest BCUT2D eigenvalue weighted by Gasteiger charge is -2.30. The van der Waals surface area contributed by atoms with Crippen LogP contribution in [-0.4, -0.2) is 37.9 Å². The van der Waals surface area contributed by atoms with Gasteiger partial charge in [0.2, 0.25) is 0 Å². The summed E-state index contributed by atoms with van der Waals surface area (Å²) < 4.78 is 6.31. The van der Waals surface area contributed by atoms with Gasteiger partial charge in [-0.05, 0) is 42.8 Å². The van der Waals surface area contributed by atoms with Crippen LogP contribution in [0, 0.1) is 0 Å². The second kappa shape index (κ2) is 7.65. The highest BCUT2D eigenvalue weighted by atomic mass is 32.2. The number of furan rings is 1. The van der Waals surface area contributed by atoms with E-state index in [2.05, 4.69) is 16.8 Å².